The average Bonchev–Trinajstić information content (AvgIpc) is 2.13. The second-order valence-electron chi connectivity index (χ2n) is 1.80. The smallest absolute Gasteiger partial charge is 0.241 e. The Morgan fingerprint density at radius 1 is 1.60 bits per heavy atom. The van der Waals surface area contributed by atoms with E-state index in [1.807, 2.05) is 0 Å². The monoisotopic (exact) mass is 139 g/mol. The Labute approximate surface area is 58.3 Å². The average molecular weight is 139 g/mol. The van der Waals surface area contributed by atoms with Gasteiger partial charge in [-0.1, -0.05) is 6.08 Å². The number of anilines is 2. The Bertz CT molecular complexity index is 238. The number of hydrogen-bond donors (Lipinski definition) is 2. The molecule has 1 aromatic rings. The van der Waals surface area contributed by atoms with Crippen molar-refractivity contribution in [3.8, 4) is 0 Å². The zero-order valence-electron chi connectivity index (χ0n) is 5.49. The van der Waals surface area contributed by atoms with Crippen molar-refractivity contribution in [3.05, 3.63) is 12.7 Å². The predicted octanol–water partition coefficient (Wildman–Crippen LogP) is -0.372. The first kappa shape index (κ1) is 6.60. The number of rotatable bonds is 2. The van der Waals surface area contributed by atoms with E-state index in [2.05, 4.69) is 16.7 Å². The van der Waals surface area contributed by atoms with E-state index in [-0.39, 0.29) is 5.95 Å². The number of nitrogens with zero attached hydrogens (tertiary/aromatic N) is 3. The van der Waals surface area contributed by atoms with E-state index in [9.17, 15) is 0 Å². The number of nitrogens with two attached hydrogens (primary N) is 2. The van der Waals surface area contributed by atoms with Gasteiger partial charge >= 0.3 is 0 Å². The van der Waals surface area contributed by atoms with Crippen molar-refractivity contribution in [1.29, 1.82) is 0 Å². The molecule has 0 radical (unpaired) electrons. The second kappa shape index (κ2) is 2.38. The number of allylic oxidation sites excluding steroid dienone is 1. The molecular formula is C5H9N5. The molecule has 5 heteroatoms. The van der Waals surface area contributed by atoms with Crippen molar-refractivity contribution in [3.63, 3.8) is 0 Å². The van der Waals surface area contributed by atoms with Gasteiger partial charge in [-0.05, 0) is 0 Å². The Balaban J connectivity index is 2.91. The molecule has 0 atom stereocenters. The molecule has 54 valence electrons. The summed E-state index contributed by atoms with van der Waals surface area (Å²) in [4.78, 5) is 3.69. The van der Waals surface area contributed by atoms with Gasteiger partial charge < -0.3 is 11.5 Å². The normalized spacial score (nSPS) is 9.60. The molecule has 0 fully saturated rings. The van der Waals surface area contributed by atoms with E-state index in [0.29, 0.717) is 12.5 Å². The van der Waals surface area contributed by atoms with Crippen molar-refractivity contribution >= 4 is 11.9 Å². The van der Waals surface area contributed by atoms with Crippen LogP contribution in [0.1, 0.15) is 0 Å². The van der Waals surface area contributed by atoms with Gasteiger partial charge in [0.2, 0.25) is 11.9 Å². The third-order valence-corrected chi connectivity index (χ3v) is 1.02. The minimum atomic E-state index is 0.194. The minimum Gasteiger partial charge on any atom is -0.368 e. The Hall–Kier alpha value is -1.52. The summed E-state index contributed by atoms with van der Waals surface area (Å²) in [6.45, 7) is 4.06. The quantitative estimate of drug-likeness (QED) is 0.547. The summed E-state index contributed by atoms with van der Waals surface area (Å²) in [6, 6.07) is 0. The minimum absolute atomic E-state index is 0.194. The highest BCUT2D eigenvalue weighted by Crippen LogP contribution is 1.99. The van der Waals surface area contributed by atoms with Crippen molar-refractivity contribution in [2.45, 2.75) is 6.54 Å². The lowest BCUT2D eigenvalue weighted by atomic mass is 10.6. The summed E-state index contributed by atoms with van der Waals surface area (Å²) in [5.41, 5.74) is 10.6. The Kier molecular flexibility index (Phi) is 1.57. The van der Waals surface area contributed by atoms with Crippen LogP contribution in [0.25, 0.3) is 0 Å². The van der Waals surface area contributed by atoms with Crippen LogP contribution in [0, 0.1) is 0 Å². The van der Waals surface area contributed by atoms with E-state index in [1.54, 1.807) is 6.08 Å². The maximum atomic E-state index is 5.39. The van der Waals surface area contributed by atoms with Gasteiger partial charge in [0.1, 0.15) is 0 Å². The topological polar surface area (TPSA) is 82.8 Å². The third kappa shape index (κ3) is 1.07. The summed E-state index contributed by atoms with van der Waals surface area (Å²) in [7, 11) is 0. The third-order valence-electron chi connectivity index (χ3n) is 1.02. The Morgan fingerprint density at radius 2 is 2.30 bits per heavy atom. The van der Waals surface area contributed by atoms with Crippen molar-refractivity contribution < 1.29 is 0 Å². The van der Waals surface area contributed by atoms with Gasteiger partial charge in [-0.25, -0.2) is 4.68 Å². The molecule has 0 saturated carbocycles. The number of nitrogen functional groups attached to an aromatic ring is 2. The highest BCUT2D eigenvalue weighted by Gasteiger charge is 1.99. The molecule has 1 heterocycles. The van der Waals surface area contributed by atoms with Crippen LogP contribution in [0.15, 0.2) is 12.7 Å². The van der Waals surface area contributed by atoms with Crippen LogP contribution in [0.5, 0.6) is 0 Å². The second-order valence-corrected chi connectivity index (χ2v) is 1.80. The van der Waals surface area contributed by atoms with E-state index in [1.165, 1.54) is 4.68 Å². The van der Waals surface area contributed by atoms with Gasteiger partial charge in [0.25, 0.3) is 0 Å². The number of aromatic nitrogens is 3. The standard InChI is InChI=1S/C5H9N5/c1-2-3-10-5(7)8-4(6)9-10/h2H,1,3H2,(H4,6,7,8,9). The largest absolute Gasteiger partial charge is 0.368 e. The molecular weight excluding hydrogens is 130 g/mol. The van der Waals surface area contributed by atoms with Gasteiger partial charge in [-0.2, -0.15) is 4.98 Å². The first-order valence-corrected chi connectivity index (χ1v) is 2.80. The van der Waals surface area contributed by atoms with Crippen LogP contribution in [0.2, 0.25) is 0 Å². The van der Waals surface area contributed by atoms with Crippen molar-refractivity contribution in [1.82, 2.24) is 14.8 Å². The molecule has 0 aliphatic heterocycles. The first-order chi connectivity index (χ1) is 4.74. The molecule has 0 spiro atoms. The Morgan fingerprint density at radius 3 is 2.70 bits per heavy atom. The van der Waals surface area contributed by atoms with Gasteiger partial charge in [0, 0.05) is 0 Å². The SMILES string of the molecule is C=CCn1nc(N)nc1N. The lowest BCUT2D eigenvalue weighted by Crippen LogP contribution is -2.02. The molecule has 0 amide bonds. The van der Waals surface area contributed by atoms with Gasteiger partial charge in [-0.15, -0.1) is 11.7 Å². The van der Waals surface area contributed by atoms with Gasteiger partial charge in [-0.3, -0.25) is 0 Å². The molecule has 0 unspecified atom stereocenters. The molecule has 1 aromatic heterocycles. The van der Waals surface area contributed by atoms with E-state index in [4.69, 9.17) is 11.5 Å². The molecule has 0 aliphatic rings. The molecule has 0 aromatic carbocycles. The fourth-order valence-corrected chi connectivity index (χ4v) is 0.629. The van der Waals surface area contributed by atoms with Crippen LogP contribution < -0.4 is 11.5 Å². The predicted molar refractivity (Wildman–Crippen MR) is 39.0 cm³/mol. The first-order valence-electron chi connectivity index (χ1n) is 2.80. The summed E-state index contributed by atoms with van der Waals surface area (Å²) in [6.07, 6.45) is 1.67. The fourth-order valence-electron chi connectivity index (χ4n) is 0.629. The maximum Gasteiger partial charge on any atom is 0.241 e. The summed E-state index contributed by atoms with van der Waals surface area (Å²) in [5.74, 6) is 0.511. The fraction of sp³-hybridized carbons (Fsp3) is 0.200. The lowest BCUT2D eigenvalue weighted by Gasteiger charge is -1.93. The molecule has 5 nitrogen and oxygen atoms in total. The molecule has 4 N–H and O–H groups in total. The van der Waals surface area contributed by atoms with Crippen LogP contribution in [0.4, 0.5) is 11.9 Å². The summed E-state index contributed by atoms with van der Waals surface area (Å²) >= 11 is 0. The molecule has 0 saturated heterocycles. The highest BCUT2D eigenvalue weighted by molar-refractivity contribution is 5.26. The van der Waals surface area contributed by atoms with Crippen LogP contribution >= 0.6 is 0 Å². The van der Waals surface area contributed by atoms with Crippen LogP contribution in [-0.2, 0) is 6.54 Å². The molecule has 10 heavy (non-hydrogen) atoms. The number of hydrogen-bond acceptors (Lipinski definition) is 4. The van der Waals surface area contributed by atoms with E-state index in [0.717, 1.165) is 0 Å². The highest BCUT2D eigenvalue weighted by atomic mass is 15.4. The van der Waals surface area contributed by atoms with Crippen molar-refractivity contribution in [2.75, 3.05) is 11.5 Å². The van der Waals surface area contributed by atoms with E-state index >= 15 is 0 Å². The molecule has 1 rings (SSSR count). The zero-order chi connectivity index (χ0) is 7.56. The maximum absolute atomic E-state index is 5.39. The summed E-state index contributed by atoms with van der Waals surface area (Å²) < 4.78 is 1.47. The van der Waals surface area contributed by atoms with Crippen LogP contribution in [0.3, 0.4) is 0 Å². The van der Waals surface area contributed by atoms with Gasteiger partial charge in [0.05, 0.1) is 6.54 Å². The van der Waals surface area contributed by atoms with Crippen molar-refractivity contribution in [2.24, 2.45) is 0 Å². The molecule has 0 bridgehead atoms. The zero-order valence-corrected chi connectivity index (χ0v) is 5.49. The van der Waals surface area contributed by atoms with Crippen LogP contribution in [-0.4, -0.2) is 14.8 Å². The molecule has 0 aliphatic carbocycles. The lowest BCUT2D eigenvalue weighted by molar-refractivity contribution is 0.715. The summed E-state index contributed by atoms with van der Waals surface area (Å²) in [5, 5.41) is 3.79. The van der Waals surface area contributed by atoms with Gasteiger partial charge in [0.15, 0.2) is 0 Å². The van der Waals surface area contributed by atoms with E-state index < -0.39 is 0 Å².